The largest absolute Gasteiger partial charge is 0.310 e. The first-order chi connectivity index (χ1) is 17.2. The van der Waals surface area contributed by atoms with Crippen molar-refractivity contribution in [3.8, 4) is 11.4 Å². The van der Waals surface area contributed by atoms with Gasteiger partial charge in [-0.3, -0.25) is 0 Å². The Morgan fingerprint density at radius 2 is 1.31 bits per heavy atom. The molecule has 2 aliphatic heterocycles. The van der Waals surface area contributed by atoms with Gasteiger partial charge in [0.25, 0.3) is 6.71 Å². The Hall–Kier alpha value is -4.24. The standard InChI is InChI=1S/C32H21BN2/c1-18-13-15-20-21-8-5-9-23-31(21)35(28(20)17-18)27-12-6-11-26-30(27)33(23)24-16-14-19(2)29-22-7-3-4-10-25(22)34(26)32(24)29/h3-17H,1-2H3. The molecule has 2 nitrogen and oxygen atoms in total. The molecule has 0 bridgehead atoms. The van der Waals surface area contributed by atoms with Crippen molar-refractivity contribution in [2.75, 3.05) is 0 Å². The molecular formula is C32H21BN2. The van der Waals surface area contributed by atoms with Crippen molar-refractivity contribution in [1.29, 1.82) is 0 Å². The molecule has 0 radical (unpaired) electrons. The fraction of sp³-hybridized carbons (Fsp3) is 0.0625. The Morgan fingerprint density at radius 1 is 0.571 bits per heavy atom. The summed E-state index contributed by atoms with van der Waals surface area (Å²) in [5.74, 6) is 0. The average Bonchev–Trinajstić information content (AvgIpc) is 3.40. The van der Waals surface area contributed by atoms with Crippen molar-refractivity contribution in [3.63, 3.8) is 0 Å². The monoisotopic (exact) mass is 444 g/mol. The van der Waals surface area contributed by atoms with Gasteiger partial charge >= 0.3 is 0 Å². The molecule has 0 unspecified atom stereocenters. The molecule has 0 amide bonds. The zero-order valence-corrected chi connectivity index (χ0v) is 19.6. The Bertz CT molecular complexity index is 2070. The van der Waals surface area contributed by atoms with Crippen LogP contribution in [0.3, 0.4) is 0 Å². The second-order valence-electron chi connectivity index (χ2n) is 10.3. The number of nitrogens with zero attached hydrogens (tertiary/aromatic N) is 2. The first-order valence-corrected chi connectivity index (χ1v) is 12.4. The summed E-state index contributed by atoms with van der Waals surface area (Å²) in [5.41, 5.74) is 14.9. The van der Waals surface area contributed by atoms with E-state index in [0.29, 0.717) is 0 Å². The number of rotatable bonds is 0. The van der Waals surface area contributed by atoms with Crippen molar-refractivity contribution >= 4 is 66.7 Å². The molecule has 0 aliphatic carbocycles. The number of fused-ring (bicyclic) bond motifs is 10. The minimum absolute atomic E-state index is 0.225. The topological polar surface area (TPSA) is 9.86 Å². The molecule has 5 aromatic carbocycles. The summed E-state index contributed by atoms with van der Waals surface area (Å²) in [4.78, 5) is 0. The molecule has 2 aromatic heterocycles. The van der Waals surface area contributed by atoms with Gasteiger partial charge in [-0.1, -0.05) is 66.7 Å². The Morgan fingerprint density at radius 3 is 2.20 bits per heavy atom. The van der Waals surface area contributed by atoms with Crippen molar-refractivity contribution in [3.05, 3.63) is 102 Å². The quantitative estimate of drug-likeness (QED) is 0.268. The summed E-state index contributed by atoms with van der Waals surface area (Å²) in [5, 5.41) is 5.42. The number of hydrogen-bond acceptors (Lipinski definition) is 0. The van der Waals surface area contributed by atoms with E-state index in [0.717, 1.165) is 0 Å². The zero-order valence-electron chi connectivity index (χ0n) is 19.6. The average molecular weight is 444 g/mol. The predicted molar refractivity (Wildman–Crippen MR) is 149 cm³/mol. The highest BCUT2D eigenvalue weighted by atomic mass is 15.0. The van der Waals surface area contributed by atoms with Crippen molar-refractivity contribution in [2.45, 2.75) is 13.8 Å². The van der Waals surface area contributed by atoms with Gasteiger partial charge in [-0.2, -0.15) is 0 Å². The highest BCUT2D eigenvalue weighted by Gasteiger charge is 2.40. The van der Waals surface area contributed by atoms with Crippen LogP contribution < -0.4 is 16.4 Å². The third-order valence-corrected chi connectivity index (χ3v) is 8.48. The second-order valence-corrected chi connectivity index (χ2v) is 10.3. The predicted octanol–water partition coefficient (Wildman–Crippen LogP) is 5.64. The van der Waals surface area contributed by atoms with Crippen molar-refractivity contribution < 1.29 is 0 Å². The lowest BCUT2D eigenvalue weighted by Crippen LogP contribution is -2.59. The molecule has 0 fully saturated rings. The molecule has 7 aromatic rings. The molecule has 0 spiro atoms. The molecule has 0 atom stereocenters. The van der Waals surface area contributed by atoms with Gasteiger partial charge in [0.05, 0.1) is 11.0 Å². The maximum absolute atomic E-state index is 2.53. The molecular weight excluding hydrogens is 423 g/mol. The fourth-order valence-corrected chi connectivity index (χ4v) is 7.16. The normalized spacial score (nSPS) is 13.4. The molecule has 0 N–H and O–H groups in total. The molecule has 2 aliphatic rings. The molecule has 4 heterocycles. The van der Waals surface area contributed by atoms with Crippen LogP contribution >= 0.6 is 0 Å². The van der Waals surface area contributed by atoms with Gasteiger partial charge in [0.1, 0.15) is 0 Å². The number of hydrogen-bond donors (Lipinski definition) is 0. The van der Waals surface area contributed by atoms with Crippen molar-refractivity contribution in [1.82, 2.24) is 9.13 Å². The zero-order chi connectivity index (χ0) is 23.0. The highest BCUT2D eigenvalue weighted by Crippen LogP contribution is 2.39. The Kier molecular flexibility index (Phi) is 3.04. The van der Waals surface area contributed by atoms with Gasteiger partial charge in [0, 0.05) is 44.0 Å². The number of benzene rings is 5. The molecule has 0 saturated carbocycles. The minimum atomic E-state index is 0.225. The van der Waals surface area contributed by atoms with Gasteiger partial charge in [-0.15, -0.1) is 0 Å². The molecule has 0 saturated heterocycles. The van der Waals surface area contributed by atoms with Crippen LogP contribution in [-0.4, -0.2) is 15.8 Å². The minimum Gasteiger partial charge on any atom is -0.310 e. The Labute approximate surface area is 203 Å². The number of aromatic nitrogens is 2. The van der Waals surface area contributed by atoms with E-state index < -0.39 is 0 Å². The van der Waals surface area contributed by atoms with E-state index in [1.54, 1.807) is 0 Å². The fourth-order valence-electron chi connectivity index (χ4n) is 7.16. The van der Waals surface area contributed by atoms with Crippen LogP contribution in [0.4, 0.5) is 0 Å². The van der Waals surface area contributed by atoms with Crippen molar-refractivity contribution in [2.24, 2.45) is 0 Å². The van der Waals surface area contributed by atoms with E-state index in [-0.39, 0.29) is 6.71 Å². The first-order valence-electron chi connectivity index (χ1n) is 12.4. The van der Waals surface area contributed by atoms with Crippen LogP contribution in [0, 0.1) is 13.8 Å². The van der Waals surface area contributed by atoms with Gasteiger partial charge in [0.15, 0.2) is 0 Å². The van der Waals surface area contributed by atoms with Gasteiger partial charge < -0.3 is 9.13 Å². The summed E-state index contributed by atoms with van der Waals surface area (Å²) in [6, 6.07) is 34.3. The van der Waals surface area contributed by atoms with Crippen LogP contribution in [0.1, 0.15) is 11.1 Å². The van der Waals surface area contributed by atoms with Crippen LogP contribution in [0.15, 0.2) is 91.0 Å². The number of para-hydroxylation sites is 2. The summed E-state index contributed by atoms with van der Waals surface area (Å²) in [6.07, 6.45) is 0. The van der Waals surface area contributed by atoms with E-state index >= 15 is 0 Å². The first kappa shape index (κ1) is 18.1. The lowest BCUT2D eigenvalue weighted by atomic mass is 9.34. The third-order valence-electron chi connectivity index (χ3n) is 8.48. The summed E-state index contributed by atoms with van der Waals surface area (Å²) < 4.78 is 5.06. The third kappa shape index (κ3) is 1.94. The molecule has 35 heavy (non-hydrogen) atoms. The van der Waals surface area contributed by atoms with Crippen LogP contribution in [0.25, 0.3) is 55.0 Å². The second kappa shape index (κ2) is 5.87. The van der Waals surface area contributed by atoms with Gasteiger partial charge in [-0.25, -0.2) is 0 Å². The van der Waals surface area contributed by atoms with Gasteiger partial charge in [0.2, 0.25) is 0 Å². The van der Waals surface area contributed by atoms with E-state index in [2.05, 4.69) is 114 Å². The molecule has 9 rings (SSSR count). The lowest BCUT2D eigenvalue weighted by molar-refractivity contribution is 1.14. The lowest BCUT2D eigenvalue weighted by Gasteiger charge is -2.33. The van der Waals surface area contributed by atoms with E-state index in [4.69, 9.17) is 0 Å². The van der Waals surface area contributed by atoms with E-state index in [1.807, 2.05) is 0 Å². The van der Waals surface area contributed by atoms with E-state index in [1.165, 1.54) is 82.5 Å². The molecule has 3 heteroatoms. The van der Waals surface area contributed by atoms with E-state index in [9.17, 15) is 0 Å². The maximum atomic E-state index is 2.53. The highest BCUT2D eigenvalue weighted by molar-refractivity contribution is 7.00. The summed E-state index contributed by atoms with van der Waals surface area (Å²) >= 11 is 0. The maximum Gasteiger partial charge on any atom is 0.252 e. The summed E-state index contributed by atoms with van der Waals surface area (Å²) in [7, 11) is 0. The SMILES string of the molecule is Cc1ccc2c3cccc4c3n(c2c1)-c1cccc2c1B4c1ccc(C)c3c4ccccc4n-2c13. The Balaban J connectivity index is 1.58. The van der Waals surface area contributed by atoms with Crippen LogP contribution in [0.2, 0.25) is 0 Å². The summed E-state index contributed by atoms with van der Waals surface area (Å²) in [6.45, 7) is 4.67. The smallest absolute Gasteiger partial charge is 0.252 e. The van der Waals surface area contributed by atoms with Gasteiger partial charge in [-0.05, 0) is 65.6 Å². The number of aryl methyl sites for hydroxylation is 2. The van der Waals surface area contributed by atoms with Crippen LogP contribution in [0.5, 0.6) is 0 Å². The van der Waals surface area contributed by atoms with Crippen LogP contribution in [-0.2, 0) is 0 Å². The molecule has 162 valence electrons.